The second-order valence-electron chi connectivity index (χ2n) is 6.28. The summed E-state index contributed by atoms with van der Waals surface area (Å²) >= 11 is 1.79. The summed E-state index contributed by atoms with van der Waals surface area (Å²) in [5.41, 5.74) is 2.70. The zero-order chi connectivity index (χ0) is 18.5. The number of benzene rings is 4. The molecule has 2 nitrogen and oxygen atoms in total. The van der Waals surface area contributed by atoms with Crippen molar-refractivity contribution in [2.75, 3.05) is 5.32 Å². The largest absolute Gasteiger partial charge is 0.321 e. The second-order valence-corrected chi connectivity index (χ2v) is 7.33. The summed E-state index contributed by atoms with van der Waals surface area (Å²) in [4.78, 5) is 13.9. The molecule has 4 aromatic rings. The molecule has 1 N–H and O–H groups in total. The van der Waals surface area contributed by atoms with E-state index in [1.165, 1.54) is 10.5 Å². The first-order valence-corrected chi connectivity index (χ1v) is 9.84. The molecule has 27 heavy (non-hydrogen) atoms. The van der Waals surface area contributed by atoms with E-state index in [0.29, 0.717) is 5.56 Å². The Labute approximate surface area is 163 Å². The third-order valence-electron chi connectivity index (χ3n) is 4.40. The highest BCUT2D eigenvalue weighted by Gasteiger charge is 2.08. The summed E-state index contributed by atoms with van der Waals surface area (Å²) in [6.07, 6.45) is 0. The predicted molar refractivity (Wildman–Crippen MR) is 114 cm³/mol. The predicted octanol–water partition coefficient (Wildman–Crippen LogP) is 6.38. The lowest BCUT2D eigenvalue weighted by Gasteiger charge is -2.09. The maximum Gasteiger partial charge on any atom is 0.255 e. The van der Waals surface area contributed by atoms with Gasteiger partial charge in [0, 0.05) is 27.3 Å². The minimum atomic E-state index is -0.0892. The lowest BCUT2D eigenvalue weighted by molar-refractivity contribution is 0.102. The van der Waals surface area contributed by atoms with Crippen LogP contribution in [-0.2, 0) is 5.75 Å². The number of amides is 1. The number of rotatable bonds is 5. The van der Waals surface area contributed by atoms with E-state index in [0.717, 1.165) is 22.2 Å². The quantitative estimate of drug-likeness (QED) is 0.413. The lowest BCUT2D eigenvalue weighted by Crippen LogP contribution is -2.12. The van der Waals surface area contributed by atoms with E-state index >= 15 is 0 Å². The molecule has 0 aliphatic carbocycles. The zero-order valence-electron chi connectivity index (χ0n) is 14.8. The van der Waals surface area contributed by atoms with Crippen molar-refractivity contribution >= 4 is 34.1 Å². The molecule has 0 aliphatic rings. The van der Waals surface area contributed by atoms with E-state index in [1.807, 2.05) is 84.9 Å². The normalized spacial score (nSPS) is 10.7. The Bertz CT molecular complexity index is 1050. The van der Waals surface area contributed by atoms with Crippen molar-refractivity contribution in [1.29, 1.82) is 0 Å². The average Bonchev–Trinajstić information content (AvgIpc) is 2.74. The molecule has 132 valence electrons. The van der Waals surface area contributed by atoms with Gasteiger partial charge in [0.05, 0.1) is 0 Å². The Morgan fingerprint density at radius 2 is 1.44 bits per heavy atom. The fourth-order valence-corrected chi connectivity index (χ4v) is 3.84. The fraction of sp³-hybridized carbons (Fsp3) is 0.0417. The SMILES string of the molecule is O=C(Nc1cccc2ccccc12)c1ccc(CSc2ccccc2)cc1. The van der Waals surface area contributed by atoms with Crippen molar-refractivity contribution in [2.45, 2.75) is 10.6 Å². The first-order valence-electron chi connectivity index (χ1n) is 8.85. The van der Waals surface area contributed by atoms with E-state index in [1.54, 1.807) is 11.8 Å². The number of fused-ring (bicyclic) bond motifs is 1. The molecule has 0 atom stereocenters. The van der Waals surface area contributed by atoms with Crippen molar-refractivity contribution in [3.63, 3.8) is 0 Å². The number of anilines is 1. The first kappa shape index (κ1) is 17.4. The van der Waals surface area contributed by atoms with Crippen LogP contribution in [0.3, 0.4) is 0 Å². The minimum absolute atomic E-state index is 0.0892. The highest BCUT2D eigenvalue weighted by atomic mass is 32.2. The highest BCUT2D eigenvalue weighted by Crippen LogP contribution is 2.24. The van der Waals surface area contributed by atoms with Gasteiger partial charge in [-0.2, -0.15) is 0 Å². The van der Waals surface area contributed by atoms with Crippen LogP contribution >= 0.6 is 11.8 Å². The molecule has 3 heteroatoms. The molecular weight excluding hydrogens is 350 g/mol. The topological polar surface area (TPSA) is 29.1 Å². The van der Waals surface area contributed by atoms with Crippen LogP contribution in [0, 0.1) is 0 Å². The van der Waals surface area contributed by atoms with E-state index in [4.69, 9.17) is 0 Å². The van der Waals surface area contributed by atoms with Gasteiger partial charge in [-0.15, -0.1) is 11.8 Å². The molecule has 0 heterocycles. The van der Waals surface area contributed by atoms with Crippen LogP contribution < -0.4 is 5.32 Å². The van der Waals surface area contributed by atoms with Gasteiger partial charge in [0.15, 0.2) is 0 Å². The molecule has 0 radical (unpaired) electrons. The van der Waals surface area contributed by atoms with Gasteiger partial charge >= 0.3 is 0 Å². The van der Waals surface area contributed by atoms with Crippen LogP contribution in [0.25, 0.3) is 10.8 Å². The standard InChI is InChI=1S/C24H19NOS/c26-24(25-23-12-6-8-19-7-4-5-11-22(19)23)20-15-13-18(14-16-20)17-27-21-9-2-1-3-10-21/h1-16H,17H2,(H,25,26). The van der Waals surface area contributed by atoms with E-state index < -0.39 is 0 Å². The van der Waals surface area contributed by atoms with Gasteiger partial charge in [-0.25, -0.2) is 0 Å². The first-order chi connectivity index (χ1) is 13.3. The van der Waals surface area contributed by atoms with Crippen molar-refractivity contribution in [2.24, 2.45) is 0 Å². The zero-order valence-corrected chi connectivity index (χ0v) is 15.6. The Hall–Kier alpha value is -3.04. The van der Waals surface area contributed by atoms with Gasteiger partial charge in [0.2, 0.25) is 0 Å². The monoisotopic (exact) mass is 369 g/mol. The van der Waals surface area contributed by atoms with Gasteiger partial charge in [-0.05, 0) is 41.3 Å². The number of carbonyl (C=O) groups excluding carboxylic acids is 1. The molecule has 0 fully saturated rings. The molecule has 4 rings (SSSR count). The fourth-order valence-electron chi connectivity index (χ4n) is 2.96. The molecule has 0 saturated heterocycles. The van der Waals surface area contributed by atoms with Gasteiger partial charge in [-0.3, -0.25) is 4.79 Å². The number of thioether (sulfide) groups is 1. The van der Waals surface area contributed by atoms with Crippen molar-refractivity contribution < 1.29 is 4.79 Å². The van der Waals surface area contributed by atoms with Crippen LogP contribution in [-0.4, -0.2) is 5.91 Å². The van der Waals surface area contributed by atoms with Gasteiger partial charge in [0.1, 0.15) is 0 Å². The summed E-state index contributed by atoms with van der Waals surface area (Å²) in [6, 6.07) is 32.1. The van der Waals surface area contributed by atoms with Crippen LogP contribution in [0.1, 0.15) is 15.9 Å². The van der Waals surface area contributed by atoms with Crippen LogP contribution in [0.2, 0.25) is 0 Å². The third kappa shape index (κ3) is 4.21. The number of hydrogen-bond donors (Lipinski definition) is 1. The van der Waals surface area contributed by atoms with E-state index in [9.17, 15) is 4.79 Å². The molecule has 4 aromatic carbocycles. The smallest absolute Gasteiger partial charge is 0.255 e. The van der Waals surface area contributed by atoms with Gasteiger partial charge < -0.3 is 5.32 Å². The molecule has 0 spiro atoms. The number of nitrogens with one attached hydrogen (secondary N) is 1. The third-order valence-corrected chi connectivity index (χ3v) is 5.49. The summed E-state index contributed by atoms with van der Waals surface area (Å²) < 4.78 is 0. The summed E-state index contributed by atoms with van der Waals surface area (Å²) in [5.74, 6) is 0.795. The molecule has 0 aromatic heterocycles. The van der Waals surface area contributed by atoms with Crippen molar-refractivity contribution in [3.8, 4) is 0 Å². The Kier molecular flexibility index (Phi) is 5.22. The average molecular weight is 369 g/mol. The van der Waals surface area contributed by atoms with E-state index in [2.05, 4.69) is 17.4 Å². The van der Waals surface area contributed by atoms with Gasteiger partial charge in [0.25, 0.3) is 5.91 Å². The van der Waals surface area contributed by atoms with Crippen molar-refractivity contribution in [1.82, 2.24) is 0 Å². The summed E-state index contributed by atoms with van der Waals surface area (Å²) in [5, 5.41) is 5.19. The Morgan fingerprint density at radius 1 is 0.741 bits per heavy atom. The molecule has 0 unspecified atom stereocenters. The molecule has 1 amide bonds. The Morgan fingerprint density at radius 3 is 2.26 bits per heavy atom. The maximum absolute atomic E-state index is 12.6. The summed E-state index contributed by atoms with van der Waals surface area (Å²) in [6.45, 7) is 0. The Balaban J connectivity index is 1.44. The van der Waals surface area contributed by atoms with Crippen LogP contribution in [0.15, 0.2) is 102 Å². The molecule has 0 aliphatic heterocycles. The molecular formula is C24H19NOS. The molecule has 0 saturated carbocycles. The number of carbonyl (C=O) groups is 1. The second kappa shape index (κ2) is 8.11. The lowest BCUT2D eigenvalue weighted by atomic mass is 10.1. The maximum atomic E-state index is 12.6. The summed E-state index contributed by atoms with van der Waals surface area (Å²) in [7, 11) is 0. The minimum Gasteiger partial charge on any atom is -0.321 e. The van der Waals surface area contributed by atoms with Gasteiger partial charge in [-0.1, -0.05) is 66.7 Å². The highest BCUT2D eigenvalue weighted by molar-refractivity contribution is 7.98. The number of hydrogen-bond acceptors (Lipinski definition) is 2. The van der Waals surface area contributed by atoms with E-state index in [-0.39, 0.29) is 5.91 Å². The van der Waals surface area contributed by atoms with Crippen LogP contribution in [0.4, 0.5) is 5.69 Å². The van der Waals surface area contributed by atoms with Crippen molar-refractivity contribution in [3.05, 3.63) is 108 Å². The molecule has 0 bridgehead atoms. The van der Waals surface area contributed by atoms with Crippen LogP contribution in [0.5, 0.6) is 0 Å².